The fraction of sp³-hybridized carbons (Fsp3) is 0.200. The lowest BCUT2D eigenvalue weighted by Gasteiger charge is -2.22. The van der Waals surface area contributed by atoms with Gasteiger partial charge < -0.3 is 5.32 Å². The van der Waals surface area contributed by atoms with E-state index in [0.717, 1.165) is 23.5 Å². The second kappa shape index (κ2) is 8.70. The molecule has 1 saturated heterocycles. The van der Waals surface area contributed by atoms with Crippen molar-refractivity contribution in [2.24, 2.45) is 0 Å². The number of nitrogens with zero attached hydrogens (tertiary/aromatic N) is 4. The lowest BCUT2D eigenvalue weighted by molar-refractivity contribution is 0.102. The molecular weight excluding hydrogens is 460 g/mol. The molecule has 1 amide bonds. The zero-order valence-electron chi connectivity index (χ0n) is 16.3. The molecule has 1 fully saturated rings. The fourth-order valence-electron chi connectivity index (χ4n) is 3.36. The zero-order chi connectivity index (χ0) is 22.9. The van der Waals surface area contributed by atoms with Gasteiger partial charge in [-0.15, -0.1) is 10.2 Å². The van der Waals surface area contributed by atoms with Gasteiger partial charge >= 0.3 is 0 Å². The van der Waals surface area contributed by atoms with Gasteiger partial charge in [-0.1, -0.05) is 17.4 Å². The third kappa shape index (κ3) is 4.22. The largest absolute Gasteiger partial charge is 0.320 e. The van der Waals surface area contributed by atoms with Crippen molar-refractivity contribution < 1.29 is 22.0 Å². The number of aromatic nitrogens is 2. The van der Waals surface area contributed by atoms with E-state index >= 15 is 0 Å². The van der Waals surface area contributed by atoms with Gasteiger partial charge in [-0.2, -0.15) is 9.57 Å². The van der Waals surface area contributed by atoms with Crippen molar-refractivity contribution in [2.45, 2.75) is 23.8 Å². The average Bonchev–Trinajstić information content (AvgIpc) is 3.46. The van der Waals surface area contributed by atoms with Gasteiger partial charge in [-0.25, -0.2) is 17.2 Å². The molecule has 1 atom stereocenters. The van der Waals surface area contributed by atoms with E-state index in [0.29, 0.717) is 17.8 Å². The number of hydrogen-bond acceptors (Lipinski definition) is 7. The lowest BCUT2D eigenvalue weighted by Crippen LogP contribution is -2.30. The van der Waals surface area contributed by atoms with Gasteiger partial charge in [-0.05, 0) is 43.2 Å². The van der Waals surface area contributed by atoms with E-state index in [1.165, 1.54) is 34.6 Å². The first-order valence-electron chi connectivity index (χ1n) is 9.41. The highest BCUT2D eigenvalue weighted by molar-refractivity contribution is 7.89. The maximum atomic E-state index is 13.4. The quantitative estimate of drug-likeness (QED) is 0.604. The van der Waals surface area contributed by atoms with Crippen molar-refractivity contribution in [1.82, 2.24) is 14.5 Å². The van der Waals surface area contributed by atoms with Crippen molar-refractivity contribution >= 4 is 33.0 Å². The molecule has 0 saturated carbocycles. The number of hydrogen-bond donors (Lipinski definition) is 1. The summed E-state index contributed by atoms with van der Waals surface area (Å²) in [4.78, 5) is 12.4. The van der Waals surface area contributed by atoms with Crippen molar-refractivity contribution in [3.63, 3.8) is 0 Å². The molecule has 0 spiro atoms. The van der Waals surface area contributed by atoms with Gasteiger partial charge in [0.1, 0.15) is 5.01 Å². The number of halogens is 2. The van der Waals surface area contributed by atoms with Crippen LogP contribution in [-0.4, -0.2) is 35.4 Å². The second-order valence-electron chi connectivity index (χ2n) is 6.94. The maximum absolute atomic E-state index is 13.4. The molecule has 0 unspecified atom stereocenters. The Hall–Kier alpha value is -3.27. The molecular formula is C20H15F2N5O3S2. The minimum Gasteiger partial charge on any atom is -0.320 e. The Morgan fingerprint density at radius 1 is 1.19 bits per heavy atom. The molecule has 1 N–H and O–H groups in total. The smallest absolute Gasteiger partial charge is 0.286 e. The van der Waals surface area contributed by atoms with Crippen LogP contribution in [0.1, 0.15) is 39.3 Å². The van der Waals surface area contributed by atoms with Gasteiger partial charge in [0, 0.05) is 18.3 Å². The highest BCUT2D eigenvalue weighted by atomic mass is 32.2. The van der Waals surface area contributed by atoms with E-state index in [-0.39, 0.29) is 27.7 Å². The third-order valence-corrected chi connectivity index (χ3v) is 7.80. The maximum Gasteiger partial charge on any atom is 0.286 e. The normalized spacial score (nSPS) is 16.6. The molecule has 3 aromatic rings. The van der Waals surface area contributed by atoms with Gasteiger partial charge in [0.15, 0.2) is 11.6 Å². The van der Waals surface area contributed by atoms with E-state index in [4.69, 9.17) is 5.26 Å². The number of anilines is 1. The molecule has 32 heavy (non-hydrogen) atoms. The Bertz CT molecular complexity index is 1340. The van der Waals surface area contributed by atoms with Crippen LogP contribution in [0.5, 0.6) is 0 Å². The Kier molecular flexibility index (Phi) is 5.96. The SMILES string of the molecule is N#Cc1cccc(S(=O)(=O)N2CCC[C@@H]2c2nnc(C(=O)Nc3ccc(F)c(F)c3)s2)c1. The van der Waals surface area contributed by atoms with Gasteiger partial charge in [0.2, 0.25) is 15.0 Å². The number of nitrogens with one attached hydrogen (secondary N) is 1. The highest BCUT2D eigenvalue weighted by Crippen LogP contribution is 2.38. The van der Waals surface area contributed by atoms with Crippen LogP contribution in [0.3, 0.4) is 0 Å². The van der Waals surface area contributed by atoms with Crippen LogP contribution in [0.25, 0.3) is 0 Å². The number of benzene rings is 2. The molecule has 164 valence electrons. The summed E-state index contributed by atoms with van der Waals surface area (Å²) in [6, 6.07) is 10.0. The average molecular weight is 476 g/mol. The summed E-state index contributed by atoms with van der Waals surface area (Å²) in [5.41, 5.74) is 0.280. The molecule has 1 aromatic heterocycles. The molecule has 2 aromatic carbocycles. The van der Waals surface area contributed by atoms with E-state index < -0.39 is 33.6 Å². The lowest BCUT2D eigenvalue weighted by atomic mass is 10.2. The highest BCUT2D eigenvalue weighted by Gasteiger charge is 2.38. The van der Waals surface area contributed by atoms with E-state index in [1.54, 1.807) is 0 Å². The standard InChI is InChI=1S/C20H15F2N5O3S2/c21-15-7-6-13(10-16(15)22)24-18(28)20-26-25-19(31-20)17-5-2-8-27(17)32(29,30)14-4-1-3-12(9-14)11-23/h1,3-4,6-7,9-10,17H,2,5,8H2,(H,24,28)/t17-/m1/s1. The Morgan fingerprint density at radius 3 is 2.75 bits per heavy atom. The van der Waals surface area contributed by atoms with Gasteiger partial charge in [-0.3, -0.25) is 4.79 Å². The number of carbonyl (C=O) groups is 1. The minimum absolute atomic E-state index is 0.00395. The van der Waals surface area contributed by atoms with Crippen LogP contribution >= 0.6 is 11.3 Å². The Balaban J connectivity index is 1.55. The number of nitriles is 1. The third-order valence-electron chi connectivity index (χ3n) is 4.87. The number of sulfonamides is 1. The first-order valence-corrected chi connectivity index (χ1v) is 11.7. The summed E-state index contributed by atoms with van der Waals surface area (Å²) in [6.07, 6.45) is 1.09. The van der Waals surface area contributed by atoms with Crippen molar-refractivity contribution in [2.75, 3.05) is 11.9 Å². The minimum atomic E-state index is -3.89. The van der Waals surface area contributed by atoms with Crippen molar-refractivity contribution in [1.29, 1.82) is 5.26 Å². The summed E-state index contributed by atoms with van der Waals surface area (Å²) in [6.45, 7) is 0.264. The van der Waals surface area contributed by atoms with Crippen LogP contribution in [0.4, 0.5) is 14.5 Å². The van der Waals surface area contributed by atoms with E-state index in [2.05, 4.69) is 15.5 Å². The topological polar surface area (TPSA) is 116 Å². The summed E-state index contributed by atoms with van der Waals surface area (Å²) in [7, 11) is -3.89. The first kappa shape index (κ1) is 21.9. The van der Waals surface area contributed by atoms with Crippen molar-refractivity contribution in [3.05, 3.63) is 69.7 Å². The summed E-state index contributed by atoms with van der Waals surface area (Å²) < 4.78 is 54.0. The zero-order valence-corrected chi connectivity index (χ0v) is 18.0. The molecule has 1 aliphatic heterocycles. The summed E-state index contributed by atoms with van der Waals surface area (Å²) in [5, 5.41) is 19.6. The molecule has 2 heterocycles. The monoisotopic (exact) mass is 475 g/mol. The van der Waals surface area contributed by atoms with Gasteiger partial charge in [0.05, 0.1) is 22.6 Å². The predicted octanol–water partition coefficient (Wildman–Crippen LogP) is 3.47. The number of amides is 1. The van der Waals surface area contributed by atoms with E-state index in [1.807, 2.05) is 6.07 Å². The Morgan fingerprint density at radius 2 is 2.00 bits per heavy atom. The van der Waals surface area contributed by atoms with Crippen LogP contribution < -0.4 is 5.32 Å². The molecule has 12 heteroatoms. The molecule has 0 radical (unpaired) electrons. The number of carbonyl (C=O) groups excluding carboxylic acids is 1. The molecule has 1 aliphatic rings. The van der Waals surface area contributed by atoms with E-state index in [9.17, 15) is 22.0 Å². The van der Waals surface area contributed by atoms with Crippen molar-refractivity contribution in [3.8, 4) is 6.07 Å². The molecule has 0 aliphatic carbocycles. The Labute approximate surface area is 186 Å². The molecule has 8 nitrogen and oxygen atoms in total. The molecule has 4 rings (SSSR count). The summed E-state index contributed by atoms with van der Waals surface area (Å²) >= 11 is 0.927. The van der Waals surface area contributed by atoms with Gasteiger partial charge in [0.25, 0.3) is 5.91 Å². The number of rotatable bonds is 5. The second-order valence-corrected chi connectivity index (χ2v) is 9.84. The van der Waals surface area contributed by atoms with Crippen LogP contribution in [-0.2, 0) is 10.0 Å². The fourth-order valence-corrected chi connectivity index (χ4v) is 6.02. The summed E-state index contributed by atoms with van der Waals surface area (Å²) in [5.74, 6) is -2.81. The van der Waals surface area contributed by atoms with Crippen LogP contribution in [0.15, 0.2) is 47.4 Å². The van der Waals surface area contributed by atoms with Crippen LogP contribution in [0.2, 0.25) is 0 Å². The first-order chi connectivity index (χ1) is 15.3. The van der Waals surface area contributed by atoms with Crippen LogP contribution in [0, 0.1) is 23.0 Å². The molecule has 0 bridgehead atoms. The predicted molar refractivity (Wildman–Crippen MR) is 111 cm³/mol.